The van der Waals surface area contributed by atoms with E-state index in [0.717, 1.165) is 0 Å². The van der Waals surface area contributed by atoms with Crippen LogP contribution in [0.1, 0.15) is 0 Å². The van der Waals surface area contributed by atoms with E-state index in [1.807, 2.05) is 0 Å². The number of imidazole rings is 1. The van der Waals surface area contributed by atoms with Crippen LogP contribution in [0.15, 0.2) is 17.6 Å². The summed E-state index contributed by atoms with van der Waals surface area (Å²) < 4.78 is 25.1. The molecule has 0 spiro atoms. The Morgan fingerprint density at radius 1 is 1.57 bits per heavy atom. The summed E-state index contributed by atoms with van der Waals surface area (Å²) in [6, 6.07) is 0.0586. The Balaban J connectivity index is 2.23. The van der Waals surface area contributed by atoms with E-state index in [4.69, 9.17) is 0 Å². The van der Waals surface area contributed by atoms with E-state index >= 15 is 0 Å². The zero-order valence-electron chi connectivity index (χ0n) is 7.77. The highest BCUT2D eigenvalue weighted by Crippen LogP contribution is 2.14. The predicted molar refractivity (Wildman–Crippen MR) is 50.2 cm³/mol. The number of aromatic nitrogens is 2. The molecule has 1 aromatic heterocycles. The van der Waals surface area contributed by atoms with Crippen molar-refractivity contribution in [2.45, 2.75) is 11.1 Å². The molecule has 0 saturated carbocycles. The van der Waals surface area contributed by atoms with Crippen LogP contribution in [0.25, 0.3) is 0 Å². The van der Waals surface area contributed by atoms with E-state index in [9.17, 15) is 8.42 Å². The fourth-order valence-electron chi connectivity index (χ4n) is 1.27. The van der Waals surface area contributed by atoms with Gasteiger partial charge >= 0.3 is 0 Å². The summed E-state index contributed by atoms with van der Waals surface area (Å²) in [4.78, 5) is 6.30. The zero-order chi connectivity index (χ0) is 10.2. The lowest BCUT2D eigenvalue weighted by molar-refractivity contribution is 0.273. The van der Waals surface area contributed by atoms with Crippen LogP contribution in [-0.4, -0.2) is 48.9 Å². The first kappa shape index (κ1) is 9.63. The molecule has 0 atom stereocenters. The van der Waals surface area contributed by atoms with Crippen molar-refractivity contribution in [2.75, 3.05) is 20.1 Å². The minimum Gasteiger partial charge on any atom is -0.335 e. The first-order chi connectivity index (χ1) is 6.62. The van der Waals surface area contributed by atoms with Crippen molar-refractivity contribution in [1.29, 1.82) is 0 Å². The van der Waals surface area contributed by atoms with Gasteiger partial charge in [-0.15, -0.1) is 0 Å². The molecule has 1 saturated heterocycles. The van der Waals surface area contributed by atoms with E-state index < -0.39 is 10.0 Å². The van der Waals surface area contributed by atoms with Crippen molar-refractivity contribution in [3.05, 3.63) is 12.5 Å². The molecule has 7 heteroatoms. The lowest BCUT2D eigenvalue weighted by atomic mass is 10.2. The summed E-state index contributed by atoms with van der Waals surface area (Å²) in [6.07, 6.45) is 2.68. The van der Waals surface area contributed by atoms with Crippen molar-refractivity contribution in [3.63, 3.8) is 0 Å². The minimum atomic E-state index is -3.38. The minimum absolute atomic E-state index is 0.0586. The Kier molecular flexibility index (Phi) is 2.30. The monoisotopic (exact) mass is 216 g/mol. The van der Waals surface area contributed by atoms with Gasteiger partial charge in [0.25, 0.3) is 10.0 Å². The second kappa shape index (κ2) is 3.34. The molecule has 2 heterocycles. The van der Waals surface area contributed by atoms with Crippen LogP contribution in [0.4, 0.5) is 0 Å². The zero-order valence-corrected chi connectivity index (χ0v) is 8.58. The van der Waals surface area contributed by atoms with Crippen molar-refractivity contribution >= 4 is 10.0 Å². The number of sulfonamides is 1. The summed E-state index contributed by atoms with van der Waals surface area (Å²) >= 11 is 0. The average Bonchev–Trinajstić information content (AvgIpc) is 2.52. The molecule has 78 valence electrons. The van der Waals surface area contributed by atoms with Gasteiger partial charge in [0.05, 0.1) is 12.5 Å². The first-order valence-electron chi connectivity index (χ1n) is 4.29. The van der Waals surface area contributed by atoms with E-state index in [1.165, 1.54) is 16.8 Å². The van der Waals surface area contributed by atoms with Crippen LogP contribution in [0, 0.1) is 0 Å². The molecule has 0 radical (unpaired) electrons. The van der Waals surface area contributed by atoms with Gasteiger partial charge in [-0.05, 0) is 0 Å². The van der Waals surface area contributed by atoms with Crippen molar-refractivity contribution in [2.24, 2.45) is 0 Å². The van der Waals surface area contributed by atoms with Crippen LogP contribution >= 0.6 is 0 Å². The Bertz CT molecular complexity index is 395. The van der Waals surface area contributed by atoms with Crippen LogP contribution in [0.2, 0.25) is 0 Å². The Morgan fingerprint density at radius 2 is 2.29 bits per heavy atom. The third-order valence-electron chi connectivity index (χ3n) is 2.40. The molecule has 0 aliphatic carbocycles. The molecule has 1 aliphatic heterocycles. The number of hydrogen-bond acceptors (Lipinski definition) is 4. The van der Waals surface area contributed by atoms with Gasteiger partial charge in [-0.1, -0.05) is 0 Å². The van der Waals surface area contributed by atoms with Gasteiger partial charge in [-0.25, -0.2) is 13.4 Å². The maximum Gasteiger partial charge on any atom is 0.260 e. The molecule has 1 aromatic rings. The summed E-state index contributed by atoms with van der Waals surface area (Å²) in [5.41, 5.74) is 0. The highest BCUT2D eigenvalue weighted by Gasteiger charge is 2.32. The molecular formula is C7H12N4O2S. The topological polar surface area (TPSA) is 78.1 Å². The molecule has 1 fully saturated rings. The van der Waals surface area contributed by atoms with Crippen molar-refractivity contribution < 1.29 is 8.42 Å². The number of H-pyrrole nitrogens is 1. The lowest BCUT2D eigenvalue weighted by Gasteiger charge is -2.34. The highest BCUT2D eigenvalue weighted by atomic mass is 32.2. The van der Waals surface area contributed by atoms with Crippen LogP contribution < -0.4 is 5.32 Å². The van der Waals surface area contributed by atoms with Gasteiger partial charge in [0, 0.05) is 26.2 Å². The number of hydrogen-bond donors (Lipinski definition) is 2. The number of aromatic amines is 1. The molecule has 0 amide bonds. The fraction of sp³-hybridized carbons (Fsp3) is 0.571. The Labute approximate surface area is 82.4 Å². The fourth-order valence-corrected chi connectivity index (χ4v) is 2.51. The van der Waals surface area contributed by atoms with Crippen LogP contribution in [-0.2, 0) is 10.0 Å². The third-order valence-corrected chi connectivity index (χ3v) is 4.24. The number of nitrogens with zero attached hydrogens (tertiary/aromatic N) is 2. The second-order valence-electron chi connectivity index (χ2n) is 3.25. The largest absolute Gasteiger partial charge is 0.335 e. The van der Waals surface area contributed by atoms with Crippen molar-refractivity contribution in [3.8, 4) is 0 Å². The third kappa shape index (κ3) is 1.43. The number of likely N-dealkylation sites (N-methyl/N-ethyl adjacent to an activating group) is 1. The SMILES string of the molecule is CN(C1CNC1)S(=O)(=O)c1cnc[nH]1. The molecular weight excluding hydrogens is 204 g/mol. The van der Waals surface area contributed by atoms with E-state index in [0.29, 0.717) is 13.1 Å². The summed E-state index contributed by atoms with van der Waals surface area (Å²) in [5, 5.41) is 3.17. The smallest absolute Gasteiger partial charge is 0.260 e. The van der Waals surface area contributed by atoms with Gasteiger partial charge < -0.3 is 10.3 Å². The average molecular weight is 216 g/mol. The van der Waals surface area contributed by atoms with Gasteiger partial charge in [-0.3, -0.25) is 0 Å². The van der Waals surface area contributed by atoms with Crippen molar-refractivity contribution in [1.82, 2.24) is 19.6 Å². The number of rotatable bonds is 3. The molecule has 2 rings (SSSR count). The summed E-state index contributed by atoms with van der Waals surface area (Å²) in [5.74, 6) is 0. The molecule has 1 aliphatic rings. The molecule has 6 nitrogen and oxygen atoms in total. The standard InChI is InChI=1S/C7H12N4O2S/c1-11(6-2-8-3-6)14(12,13)7-4-9-5-10-7/h4-6,8H,2-3H2,1H3,(H,9,10). The molecule has 0 bridgehead atoms. The maximum atomic E-state index is 11.9. The van der Waals surface area contributed by atoms with E-state index in [2.05, 4.69) is 15.3 Å². The second-order valence-corrected chi connectivity index (χ2v) is 5.22. The Morgan fingerprint density at radius 3 is 2.71 bits per heavy atom. The van der Waals surface area contributed by atoms with Crippen LogP contribution in [0.5, 0.6) is 0 Å². The summed E-state index contributed by atoms with van der Waals surface area (Å²) in [7, 11) is -1.80. The summed E-state index contributed by atoms with van der Waals surface area (Å²) in [6.45, 7) is 1.42. The number of nitrogens with one attached hydrogen (secondary N) is 2. The van der Waals surface area contributed by atoms with E-state index in [-0.39, 0.29) is 11.1 Å². The normalized spacial score (nSPS) is 18.4. The quantitative estimate of drug-likeness (QED) is 0.679. The van der Waals surface area contributed by atoms with Gasteiger partial charge in [0.2, 0.25) is 0 Å². The molecule has 0 aromatic carbocycles. The lowest BCUT2D eigenvalue weighted by Crippen LogP contribution is -2.57. The van der Waals surface area contributed by atoms with Gasteiger partial charge in [0.15, 0.2) is 5.03 Å². The first-order valence-corrected chi connectivity index (χ1v) is 5.73. The van der Waals surface area contributed by atoms with Gasteiger partial charge in [0.1, 0.15) is 0 Å². The highest BCUT2D eigenvalue weighted by molar-refractivity contribution is 7.89. The maximum absolute atomic E-state index is 11.9. The van der Waals surface area contributed by atoms with Crippen LogP contribution in [0.3, 0.4) is 0 Å². The molecule has 0 unspecified atom stereocenters. The van der Waals surface area contributed by atoms with Gasteiger partial charge in [-0.2, -0.15) is 4.31 Å². The van der Waals surface area contributed by atoms with E-state index in [1.54, 1.807) is 7.05 Å². The Hall–Kier alpha value is -0.920. The predicted octanol–water partition coefficient (Wildman–Crippen LogP) is -0.998. The molecule has 2 N–H and O–H groups in total. The molecule has 14 heavy (non-hydrogen) atoms.